The van der Waals surface area contributed by atoms with Gasteiger partial charge in [0, 0.05) is 13.1 Å². The lowest BCUT2D eigenvalue weighted by atomic mass is 10.1. The summed E-state index contributed by atoms with van der Waals surface area (Å²) >= 11 is 0. The van der Waals surface area contributed by atoms with Crippen molar-refractivity contribution in [2.75, 3.05) is 13.1 Å². The van der Waals surface area contributed by atoms with Crippen LogP contribution in [0.5, 0.6) is 0 Å². The lowest BCUT2D eigenvalue weighted by molar-refractivity contribution is -0.404. The topological polar surface area (TPSA) is 72.4 Å². The number of nitro groups is 1. The second-order valence-electron chi connectivity index (χ2n) is 2.89. The van der Waals surface area contributed by atoms with Crippen LogP contribution in [0.15, 0.2) is 12.0 Å². The summed E-state index contributed by atoms with van der Waals surface area (Å²) in [6.45, 7) is 1.69. The molecule has 0 aromatic heterocycles. The van der Waals surface area contributed by atoms with Gasteiger partial charge in [0.25, 0.3) is 6.20 Å². The summed E-state index contributed by atoms with van der Waals surface area (Å²) in [5.41, 5.74) is 5.49. The van der Waals surface area contributed by atoms with Gasteiger partial charge in [0.1, 0.15) is 0 Å². The Morgan fingerprint density at radius 1 is 1.42 bits per heavy atom. The molecule has 1 fully saturated rings. The molecule has 0 aliphatic carbocycles. The lowest BCUT2D eigenvalue weighted by Crippen LogP contribution is -2.33. The number of hydrogen-bond donors (Lipinski definition) is 1. The molecule has 0 spiro atoms. The van der Waals surface area contributed by atoms with Gasteiger partial charge in [-0.2, -0.15) is 0 Å². The number of piperidine rings is 1. The van der Waals surface area contributed by atoms with Crippen molar-refractivity contribution in [3.05, 3.63) is 22.1 Å². The summed E-state index contributed by atoms with van der Waals surface area (Å²) in [6.07, 6.45) is 4.21. The highest BCUT2D eigenvalue weighted by Crippen LogP contribution is 2.11. The Kier molecular flexibility index (Phi) is 2.90. The van der Waals surface area contributed by atoms with E-state index in [-0.39, 0.29) is 5.82 Å². The molecule has 5 nitrogen and oxygen atoms in total. The molecule has 0 bridgehead atoms. The minimum atomic E-state index is -0.510. The van der Waals surface area contributed by atoms with Crippen molar-refractivity contribution in [2.45, 2.75) is 19.3 Å². The third-order valence-corrected chi connectivity index (χ3v) is 1.96. The average Bonchev–Trinajstić information content (AvgIpc) is 2.05. The van der Waals surface area contributed by atoms with Gasteiger partial charge in [0.2, 0.25) is 0 Å². The van der Waals surface area contributed by atoms with Crippen LogP contribution in [-0.2, 0) is 0 Å². The average molecular weight is 171 g/mol. The van der Waals surface area contributed by atoms with Gasteiger partial charge in [-0.3, -0.25) is 10.1 Å². The molecule has 1 rings (SSSR count). The number of nitrogens with zero attached hydrogens (tertiary/aromatic N) is 2. The van der Waals surface area contributed by atoms with Gasteiger partial charge in [-0.15, -0.1) is 0 Å². The molecule has 0 amide bonds. The van der Waals surface area contributed by atoms with E-state index in [0.29, 0.717) is 0 Å². The summed E-state index contributed by atoms with van der Waals surface area (Å²) in [5, 5.41) is 10.1. The Morgan fingerprint density at radius 2 is 2.00 bits per heavy atom. The van der Waals surface area contributed by atoms with Crippen molar-refractivity contribution in [1.29, 1.82) is 0 Å². The monoisotopic (exact) mass is 171 g/mol. The van der Waals surface area contributed by atoms with Crippen molar-refractivity contribution in [3.8, 4) is 0 Å². The third-order valence-electron chi connectivity index (χ3n) is 1.96. The highest BCUT2D eigenvalue weighted by atomic mass is 16.6. The largest absolute Gasteiger partial charge is 0.380 e. The van der Waals surface area contributed by atoms with Crippen LogP contribution in [0.4, 0.5) is 0 Å². The Bertz CT molecular complexity index is 197. The fraction of sp³-hybridized carbons (Fsp3) is 0.714. The van der Waals surface area contributed by atoms with Crippen LogP contribution in [0.25, 0.3) is 0 Å². The van der Waals surface area contributed by atoms with Crippen molar-refractivity contribution in [3.63, 3.8) is 0 Å². The molecule has 2 N–H and O–H groups in total. The normalized spacial score (nSPS) is 19.3. The maximum atomic E-state index is 10.1. The molecule has 68 valence electrons. The Balaban J connectivity index is 2.49. The molecule has 1 aliphatic rings. The van der Waals surface area contributed by atoms with Gasteiger partial charge in [0.05, 0.1) is 4.92 Å². The van der Waals surface area contributed by atoms with Crippen LogP contribution in [0.1, 0.15) is 19.3 Å². The first kappa shape index (κ1) is 8.83. The molecule has 12 heavy (non-hydrogen) atoms. The van der Waals surface area contributed by atoms with Gasteiger partial charge < -0.3 is 10.6 Å². The van der Waals surface area contributed by atoms with E-state index in [1.807, 2.05) is 4.90 Å². The molecule has 1 saturated heterocycles. The molecule has 5 heteroatoms. The van der Waals surface area contributed by atoms with Gasteiger partial charge in [0.15, 0.2) is 5.82 Å². The summed E-state index contributed by atoms with van der Waals surface area (Å²) in [5.74, 6) is 0.278. The zero-order valence-corrected chi connectivity index (χ0v) is 6.90. The third kappa shape index (κ3) is 2.41. The molecule has 0 unspecified atom stereocenters. The van der Waals surface area contributed by atoms with E-state index in [2.05, 4.69) is 0 Å². The van der Waals surface area contributed by atoms with Crippen molar-refractivity contribution in [1.82, 2.24) is 4.90 Å². The predicted molar refractivity (Wildman–Crippen MR) is 44.7 cm³/mol. The highest BCUT2D eigenvalue weighted by Gasteiger charge is 2.12. The van der Waals surface area contributed by atoms with E-state index < -0.39 is 4.92 Å². The number of hydrogen-bond acceptors (Lipinski definition) is 4. The summed E-state index contributed by atoms with van der Waals surface area (Å²) in [7, 11) is 0. The van der Waals surface area contributed by atoms with E-state index in [0.717, 1.165) is 32.1 Å². The predicted octanol–water partition coefficient (Wildman–Crippen LogP) is 0.507. The molecule has 0 radical (unpaired) electrons. The van der Waals surface area contributed by atoms with Crippen molar-refractivity contribution in [2.24, 2.45) is 5.73 Å². The molecular weight excluding hydrogens is 158 g/mol. The minimum Gasteiger partial charge on any atom is -0.380 e. The molecular formula is C7H13N3O2. The van der Waals surface area contributed by atoms with E-state index in [9.17, 15) is 10.1 Å². The van der Waals surface area contributed by atoms with Crippen molar-refractivity contribution < 1.29 is 4.92 Å². The second kappa shape index (κ2) is 3.94. The first-order valence-corrected chi connectivity index (χ1v) is 4.06. The first-order valence-electron chi connectivity index (χ1n) is 4.06. The second-order valence-corrected chi connectivity index (χ2v) is 2.89. The molecule has 0 aromatic rings. The number of nitrogens with two attached hydrogens (primary N) is 1. The standard InChI is InChI=1S/C7H13N3O2/c8-7(6-10(11)12)9-4-2-1-3-5-9/h6H,1-5,8H2/b7-6+. The smallest absolute Gasteiger partial charge is 0.274 e. The summed E-state index contributed by atoms with van der Waals surface area (Å²) in [6, 6.07) is 0. The van der Waals surface area contributed by atoms with E-state index >= 15 is 0 Å². The van der Waals surface area contributed by atoms with E-state index in [1.165, 1.54) is 6.42 Å². The number of rotatable bonds is 2. The van der Waals surface area contributed by atoms with Gasteiger partial charge in [-0.25, -0.2) is 0 Å². The zero-order chi connectivity index (χ0) is 8.97. The maximum Gasteiger partial charge on any atom is 0.274 e. The molecule has 1 aliphatic heterocycles. The molecule has 0 saturated carbocycles. The van der Waals surface area contributed by atoms with Crippen LogP contribution in [0.3, 0.4) is 0 Å². The Labute approximate surface area is 71.0 Å². The maximum absolute atomic E-state index is 10.1. The summed E-state index contributed by atoms with van der Waals surface area (Å²) < 4.78 is 0. The van der Waals surface area contributed by atoms with Crippen LogP contribution < -0.4 is 5.73 Å². The first-order chi connectivity index (χ1) is 5.70. The molecule has 1 heterocycles. The van der Waals surface area contributed by atoms with Crippen LogP contribution >= 0.6 is 0 Å². The van der Waals surface area contributed by atoms with Crippen LogP contribution in [0, 0.1) is 10.1 Å². The zero-order valence-electron chi connectivity index (χ0n) is 6.90. The van der Waals surface area contributed by atoms with Crippen LogP contribution in [-0.4, -0.2) is 22.9 Å². The fourth-order valence-electron chi connectivity index (χ4n) is 1.34. The van der Waals surface area contributed by atoms with E-state index in [1.54, 1.807) is 0 Å². The minimum absolute atomic E-state index is 0.278. The molecule has 0 aromatic carbocycles. The van der Waals surface area contributed by atoms with E-state index in [4.69, 9.17) is 5.73 Å². The van der Waals surface area contributed by atoms with Crippen molar-refractivity contribution >= 4 is 0 Å². The summed E-state index contributed by atoms with van der Waals surface area (Å²) in [4.78, 5) is 11.4. The lowest BCUT2D eigenvalue weighted by Gasteiger charge is -2.27. The fourth-order valence-corrected chi connectivity index (χ4v) is 1.34. The van der Waals surface area contributed by atoms with Crippen LogP contribution in [0.2, 0.25) is 0 Å². The quantitative estimate of drug-likeness (QED) is 0.485. The Morgan fingerprint density at radius 3 is 2.50 bits per heavy atom. The SMILES string of the molecule is N/C(=C\[N+](=O)[O-])N1CCCCC1. The van der Waals surface area contributed by atoms with Gasteiger partial charge in [-0.05, 0) is 19.3 Å². The highest BCUT2D eigenvalue weighted by molar-refractivity contribution is 4.91. The van der Waals surface area contributed by atoms with Gasteiger partial charge >= 0.3 is 0 Å². The molecule has 0 atom stereocenters. The Hall–Kier alpha value is -1.26. The number of likely N-dealkylation sites (tertiary alicyclic amines) is 1. The van der Waals surface area contributed by atoms with Gasteiger partial charge in [-0.1, -0.05) is 0 Å².